The lowest BCUT2D eigenvalue weighted by Gasteiger charge is -2.02. The second-order valence-electron chi connectivity index (χ2n) is 3.13. The molecule has 2 atom stereocenters. The van der Waals surface area contributed by atoms with E-state index in [1.165, 1.54) is 0 Å². The van der Waals surface area contributed by atoms with Gasteiger partial charge in [-0.15, -0.1) is 0 Å². The molecular weight excluding hydrogens is 172 g/mol. The number of H-pyrrole nitrogens is 1. The molecule has 1 unspecified atom stereocenters. The first-order valence-electron chi connectivity index (χ1n) is 4.09. The van der Waals surface area contributed by atoms with Gasteiger partial charge in [0.25, 0.3) is 0 Å². The molecule has 1 aromatic rings. The van der Waals surface area contributed by atoms with Crippen molar-refractivity contribution in [3.8, 4) is 0 Å². The molecule has 0 bridgehead atoms. The zero-order valence-electron chi connectivity index (χ0n) is 6.90. The highest BCUT2D eigenvalue weighted by Crippen LogP contribution is 2.23. The molecular formula is C7H10N4O2. The highest BCUT2D eigenvalue weighted by molar-refractivity contribution is 5.74. The summed E-state index contributed by atoms with van der Waals surface area (Å²) in [6, 6.07) is -0.443. The Kier molecular flexibility index (Phi) is 1.97. The number of nitrogens with zero attached hydrogens (tertiary/aromatic N) is 2. The fraction of sp³-hybridized carbons (Fsp3) is 0.571. The van der Waals surface area contributed by atoms with Gasteiger partial charge >= 0.3 is 5.97 Å². The zero-order valence-corrected chi connectivity index (χ0v) is 6.90. The van der Waals surface area contributed by atoms with E-state index in [9.17, 15) is 4.79 Å². The molecule has 1 saturated heterocycles. The zero-order chi connectivity index (χ0) is 9.26. The van der Waals surface area contributed by atoms with Crippen molar-refractivity contribution in [3.05, 3.63) is 11.9 Å². The average Bonchev–Trinajstić information content (AvgIpc) is 2.75. The molecule has 0 aliphatic carbocycles. The maximum Gasteiger partial charge on any atom is 0.320 e. The van der Waals surface area contributed by atoms with Gasteiger partial charge in [-0.1, -0.05) is 0 Å². The highest BCUT2D eigenvalue weighted by Gasteiger charge is 2.31. The minimum Gasteiger partial charge on any atom is -0.480 e. The molecule has 6 nitrogen and oxygen atoms in total. The van der Waals surface area contributed by atoms with Crippen LogP contribution in [0.5, 0.6) is 0 Å². The third-order valence-corrected chi connectivity index (χ3v) is 2.28. The Hall–Kier alpha value is -1.43. The topological polar surface area (TPSA) is 90.9 Å². The number of aromatic amines is 1. The summed E-state index contributed by atoms with van der Waals surface area (Å²) in [5, 5.41) is 21.8. The van der Waals surface area contributed by atoms with E-state index in [-0.39, 0.29) is 5.92 Å². The normalized spacial score (nSPS) is 27.7. The van der Waals surface area contributed by atoms with Crippen molar-refractivity contribution in [1.29, 1.82) is 0 Å². The van der Waals surface area contributed by atoms with Crippen LogP contribution in [0.1, 0.15) is 18.0 Å². The first kappa shape index (κ1) is 8.18. The van der Waals surface area contributed by atoms with Crippen LogP contribution in [0.3, 0.4) is 0 Å². The molecule has 1 aliphatic heterocycles. The maximum atomic E-state index is 10.6. The second-order valence-corrected chi connectivity index (χ2v) is 3.13. The minimum absolute atomic E-state index is 0.167. The number of carbonyl (C=O) groups is 1. The van der Waals surface area contributed by atoms with Crippen molar-refractivity contribution in [1.82, 2.24) is 20.7 Å². The van der Waals surface area contributed by atoms with Crippen LogP contribution in [0.15, 0.2) is 6.20 Å². The van der Waals surface area contributed by atoms with Crippen molar-refractivity contribution < 1.29 is 9.90 Å². The fourth-order valence-electron chi connectivity index (χ4n) is 1.56. The molecule has 6 heteroatoms. The number of rotatable bonds is 2. The monoisotopic (exact) mass is 182 g/mol. The number of hydrogen-bond donors (Lipinski definition) is 3. The molecule has 1 aromatic heterocycles. The summed E-state index contributed by atoms with van der Waals surface area (Å²) in [7, 11) is 0. The van der Waals surface area contributed by atoms with Crippen LogP contribution in [-0.2, 0) is 4.79 Å². The van der Waals surface area contributed by atoms with Gasteiger partial charge in [-0.3, -0.25) is 4.79 Å². The van der Waals surface area contributed by atoms with Crippen molar-refractivity contribution in [2.45, 2.75) is 18.4 Å². The Labute approximate surface area is 74.3 Å². The van der Waals surface area contributed by atoms with Crippen LogP contribution in [-0.4, -0.2) is 39.1 Å². The average molecular weight is 182 g/mol. The molecule has 0 aromatic carbocycles. The summed E-state index contributed by atoms with van der Waals surface area (Å²) in [4.78, 5) is 10.6. The first-order chi connectivity index (χ1) is 6.27. The summed E-state index contributed by atoms with van der Waals surface area (Å²) in [5.74, 6) is -0.633. The van der Waals surface area contributed by atoms with Gasteiger partial charge in [0.15, 0.2) is 0 Å². The predicted octanol–water partition coefficient (Wildman–Crippen LogP) is -0.665. The number of carboxylic acid groups (broad SMARTS) is 1. The van der Waals surface area contributed by atoms with E-state index in [1.807, 2.05) is 0 Å². The lowest BCUT2D eigenvalue weighted by molar-refractivity contribution is -0.139. The number of nitrogens with one attached hydrogen (secondary N) is 2. The summed E-state index contributed by atoms with van der Waals surface area (Å²) in [6.07, 6.45) is 2.22. The fourth-order valence-corrected chi connectivity index (χ4v) is 1.56. The lowest BCUT2D eigenvalue weighted by atomic mass is 10.0. The van der Waals surface area contributed by atoms with Crippen LogP contribution in [0.2, 0.25) is 0 Å². The van der Waals surface area contributed by atoms with E-state index in [0.29, 0.717) is 13.0 Å². The van der Waals surface area contributed by atoms with E-state index >= 15 is 0 Å². The Morgan fingerprint density at radius 2 is 2.54 bits per heavy atom. The van der Waals surface area contributed by atoms with Crippen LogP contribution < -0.4 is 5.32 Å². The molecule has 0 saturated carbocycles. The van der Waals surface area contributed by atoms with E-state index in [1.54, 1.807) is 6.20 Å². The van der Waals surface area contributed by atoms with Crippen LogP contribution in [0.4, 0.5) is 0 Å². The van der Waals surface area contributed by atoms with Crippen molar-refractivity contribution >= 4 is 5.97 Å². The van der Waals surface area contributed by atoms with E-state index < -0.39 is 12.0 Å². The SMILES string of the molecule is O=C(O)[C@@H]1CC(c2cn[nH]n2)CN1. The summed E-state index contributed by atoms with van der Waals surface area (Å²) in [5.41, 5.74) is 0.830. The lowest BCUT2D eigenvalue weighted by Crippen LogP contribution is -2.29. The summed E-state index contributed by atoms with van der Waals surface area (Å²) < 4.78 is 0. The molecule has 0 radical (unpaired) electrons. The van der Waals surface area contributed by atoms with Crippen LogP contribution in [0.25, 0.3) is 0 Å². The molecule has 0 amide bonds. The van der Waals surface area contributed by atoms with Crippen molar-refractivity contribution in [2.75, 3.05) is 6.54 Å². The highest BCUT2D eigenvalue weighted by atomic mass is 16.4. The standard InChI is InChI=1S/C7H10N4O2/c12-7(13)5-1-4(2-8-5)6-3-9-11-10-6/h3-5,8H,1-2H2,(H,12,13)(H,9,10,11)/t4?,5-/m0/s1. The quantitative estimate of drug-likeness (QED) is 0.564. The van der Waals surface area contributed by atoms with Gasteiger partial charge in [0, 0.05) is 12.5 Å². The predicted molar refractivity (Wildman–Crippen MR) is 43.2 cm³/mol. The Balaban J connectivity index is 2.03. The Morgan fingerprint density at radius 1 is 1.69 bits per heavy atom. The molecule has 3 N–H and O–H groups in total. The first-order valence-corrected chi connectivity index (χ1v) is 4.09. The Bertz CT molecular complexity index is 297. The summed E-state index contributed by atoms with van der Waals surface area (Å²) in [6.45, 7) is 0.656. The van der Waals surface area contributed by atoms with E-state index in [2.05, 4.69) is 20.7 Å². The molecule has 2 heterocycles. The third kappa shape index (κ3) is 1.52. The van der Waals surface area contributed by atoms with Gasteiger partial charge in [-0.2, -0.15) is 15.4 Å². The molecule has 2 rings (SSSR count). The second kappa shape index (κ2) is 3.14. The molecule has 1 fully saturated rings. The largest absolute Gasteiger partial charge is 0.480 e. The van der Waals surface area contributed by atoms with Gasteiger partial charge in [0.2, 0.25) is 0 Å². The molecule has 70 valence electrons. The van der Waals surface area contributed by atoms with Crippen molar-refractivity contribution in [2.24, 2.45) is 0 Å². The minimum atomic E-state index is -0.800. The molecule has 13 heavy (non-hydrogen) atoms. The van der Waals surface area contributed by atoms with Crippen molar-refractivity contribution in [3.63, 3.8) is 0 Å². The van der Waals surface area contributed by atoms with Gasteiger partial charge in [-0.25, -0.2) is 0 Å². The molecule has 0 spiro atoms. The molecule has 1 aliphatic rings. The van der Waals surface area contributed by atoms with Crippen LogP contribution in [0, 0.1) is 0 Å². The third-order valence-electron chi connectivity index (χ3n) is 2.28. The van der Waals surface area contributed by atoms with Gasteiger partial charge in [0.1, 0.15) is 6.04 Å². The maximum absolute atomic E-state index is 10.6. The summed E-state index contributed by atoms with van der Waals surface area (Å²) >= 11 is 0. The number of hydrogen-bond acceptors (Lipinski definition) is 4. The van der Waals surface area contributed by atoms with Crippen LogP contribution >= 0.6 is 0 Å². The van der Waals surface area contributed by atoms with E-state index in [0.717, 1.165) is 5.69 Å². The van der Waals surface area contributed by atoms with Gasteiger partial charge in [-0.05, 0) is 6.42 Å². The smallest absolute Gasteiger partial charge is 0.320 e. The number of aliphatic carboxylic acids is 1. The number of carboxylic acids is 1. The Morgan fingerprint density at radius 3 is 3.08 bits per heavy atom. The van der Waals surface area contributed by atoms with E-state index in [4.69, 9.17) is 5.11 Å². The van der Waals surface area contributed by atoms with Gasteiger partial charge < -0.3 is 10.4 Å². The number of aromatic nitrogens is 3. The van der Waals surface area contributed by atoms with Gasteiger partial charge in [0.05, 0.1) is 11.9 Å².